The molecular formula is C11H12O2S2. The number of fused-ring (bicyclic) bond motifs is 1. The molecule has 0 amide bonds. The highest BCUT2D eigenvalue weighted by Gasteiger charge is 2.42. The average molecular weight is 240 g/mol. The quantitative estimate of drug-likeness (QED) is 0.696. The van der Waals surface area contributed by atoms with Crippen LogP contribution in [0.4, 0.5) is 0 Å². The van der Waals surface area contributed by atoms with Crippen LogP contribution in [-0.4, -0.2) is 20.6 Å². The lowest BCUT2D eigenvalue weighted by atomic mass is 10.2. The molecule has 1 aromatic rings. The van der Waals surface area contributed by atoms with Gasteiger partial charge in [-0.25, -0.2) is 0 Å². The molecule has 2 heterocycles. The van der Waals surface area contributed by atoms with Gasteiger partial charge in [0.2, 0.25) is 0 Å². The van der Waals surface area contributed by atoms with Gasteiger partial charge in [0.15, 0.2) is 4.93 Å². The predicted octanol–water partition coefficient (Wildman–Crippen LogP) is 2.41. The summed E-state index contributed by atoms with van der Waals surface area (Å²) < 4.78 is 17.3. The summed E-state index contributed by atoms with van der Waals surface area (Å²) in [5.41, 5.74) is 0. The second-order valence-corrected chi connectivity index (χ2v) is 6.99. The Hall–Kier alpha value is -0.480. The zero-order valence-corrected chi connectivity index (χ0v) is 9.90. The van der Waals surface area contributed by atoms with Crippen LogP contribution in [0.2, 0.25) is 0 Å². The molecule has 1 aromatic carbocycles. The molecule has 0 radical (unpaired) electrons. The maximum atomic E-state index is 11.3. The molecule has 1 saturated heterocycles. The van der Waals surface area contributed by atoms with E-state index in [1.807, 2.05) is 18.2 Å². The highest BCUT2D eigenvalue weighted by atomic mass is 32.2. The van der Waals surface area contributed by atoms with Crippen LogP contribution in [-0.2, 0) is 10.8 Å². The molecule has 2 aliphatic heterocycles. The van der Waals surface area contributed by atoms with Crippen LogP contribution in [0, 0.1) is 0 Å². The van der Waals surface area contributed by atoms with E-state index in [1.54, 1.807) is 11.8 Å². The maximum Gasteiger partial charge on any atom is 0.160 e. The maximum absolute atomic E-state index is 11.3. The summed E-state index contributed by atoms with van der Waals surface area (Å²) in [7, 11) is -0.621. The molecule has 3 rings (SSSR count). The molecular weight excluding hydrogens is 228 g/mol. The Kier molecular flexibility index (Phi) is 2.29. The summed E-state index contributed by atoms with van der Waals surface area (Å²) in [5.74, 6) is 2.55. The van der Waals surface area contributed by atoms with Crippen molar-refractivity contribution in [2.75, 3.05) is 11.5 Å². The summed E-state index contributed by atoms with van der Waals surface area (Å²) in [6.45, 7) is 0. The van der Waals surface area contributed by atoms with Gasteiger partial charge in [0.05, 0.1) is 4.90 Å². The van der Waals surface area contributed by atoms with E-state index in [4.69, 9.17) is 4.74 Å². The molecule has 0 bridgehead atoms. The van der Waals surface area contributed by atoms with Crippen molar-refractivity contribution in [1.82, 2.24) is 0 Å². The van der Waals surface area contributed by atoms with Crippen LogP contribution in [0.25, 0.3) is 0 Å². The van der Waals surface area contributed by atoms with Gasteiger partial charge < -0.3 is 4.74 Å². The van der Waals surface area contributed by atoms with Crippen molar-refractivity contribution in [2.24, 2.45) is 0 Å². The van der Waals surface area contributed by atoms with Gasteiger partial charge in [-0.3, -0.25) is 4.21 Å². The van der Waals surface area contributed by atoms with Crippen LogP contribution in [0.1, 0.15) is 12.8 Å². The smallest absolute Gasteiger partial charge is 0.160 e. The van der Waals surface area contributed by atoms with Crippen molar-refractivity contribution in [1.29, 1.82) is 0 Å². The SMILES string of the molecule is O=S1CCC2(CC1)Oc1ccccc1S2. The lowest BCUT2D eigenvalue weighted by Crippen LogP contribution is -2.37. The second-order valence-electron chi connectivity index (χ2n) is 3.91. The molecule has 1 spiro atoms. The monoisotopic (exact) mass is 240 g/mol. The van der Waals surface area contributed by atoms with Crippen molar-refractivity contribution in [3.63, 3.8) is 0 Å². The van der Waals surface area contributed by atoms with Gasteiger partial charge in [0.25, 0.3) is 0 Å². The van der Waals surface area contributed by atoms with Gasteiger partial charge in [-0.15, -0.1) is 0 Å². The van der Waals surface area contributed by atoms with Gasteiger partial charge in [-0.2, -0.15) is 0 Å². The van der Waals surface area contributed by atoms with Crippen LogP contribution in [0.5, 0.6) is 5.75 Å². The van der Waals surface area contributed by atoms with E-state index >= 15 is 0 Å². The summed E-state index contributed by atoms with van der Waals surface area (Å²) >= 11 is 1.80. The van der Waals surface area contributed by atoms with E-state index in [2.05, 4.69) is 6.07 Å². The van der Waals surface area contributed by atoms with E-state index in [1.165, 1.54) is 4.90 Å². The standard InChI is InChI=1S/C11H12O2S2/c12-15-7-5-11(6-8-15)13-9-3-1-2-4-10(9)14-11/h1-4H,5-8H2. The highest BCUT2D eigenvalue weighted by Crippen LogP contribution is 2.51. The van der Waals surface area contributed by atoms with Gasteiger partial charge >= 0.3 is 0 Å². The zero-order chi connectivity index (χ0) is 10.3. The molecule has 2 aliphatic rings. The van der Waals surface area contributed by atoms with Gasteiger partial charge in [0.1, 0.15) is 5.75 Å². The van der Waals surface area contributed by atoms with E-state index < -0.39 is 10.8 Å². The topological polar surface area (TPSA) is 26.3 Å². The average Bonchev–Trinajstić information content (AvgIpc) is 2.61. The minimum Gasteiger partial charge on any atom is -0.475 e. The molecule has 0 aromatic heterocycles. The fourth-order valence-corrected chi connectivity index (χ4v) is 4.89. The molecule has 15 heavy (non-hydrogen) atoms. The first kappa shape index (κ1) is 9.73. The fourth-order valence-electron chi connectivity index (χ4n) is 2.01. The van der Waals surface area contributed by atoms with Crippen LogP contribution in [0.15, 0.2) is 29.2 Å². The molecule has 0 atom stereocenters. The van der Waals surface area contributed by atoms with Crippen molar-refractivity contribution >= 4 is 22.6 Å². The van der Waals surface area contributed by atoms with Crippen LogP contribution < -0.4 is 4.74 Å². The van der Waals surface area contributed by atoms with Gasteiger partial charge in [-0.1, -0.05) is 23.9 Å². The minimum absolute atomic E-state index is 0.113. The summed E-state index contributed by atoms with van der Waals surface area (Å²) in [6.07, 6.45) is 1.80. The largest absolute Gasteiger partial charge is 0.475 e. The fraction of sp³-hybridized carbons (Fsp3) is 0.455. The molecule has 4 heteroatoms. The molecule has 0 saturated carbocycles. The molecule has 0 unspecified atom stereocenters. The highest BCUT2D eigenvalue weighted by molar-refractivity contribution is 8.01. The molecule has 1 fully saturated rings. The molecule has 0 N–H and O–H groups in total. The number of rotatable bonds is 0. The number of para-hydroxylation sites is 1. The predicted molar refractivity (Wildman–Crippen MR) is 62.8 cm³/mol. The number of benzene rings is 1. The van der Waals surface area contributed by atoms with Crippen molar-refractivity contribution in [3.8, 4) is 5.75 Å². The third-order valence-corrected chi connectivity index (χ3v) is 5.60. The van der Waals surface area contributed by atoms with Crippen molar-refractivity contribution in [2.45, 2.75) is 22.7 Å². The normalized spacial score (nSPS) is 33.7. The first-order valence-corrected chi connectivity index (χ1v) is 7.40. The zero-order valence-electron chi connectivity index (χ0n) is 8.27. The Bertz CT molecular complexity index is 380. The number of hydrogen-bond donors (Lipinski definition) is 0. The Morgan fingerprint density at radius 2 is 2.00 bits per heavy atom. The number of thioether (sulfide) groups is 1. The number of hydrogen-bond acceptors (Lipinski definition) is 3. The summed E-state index contributed by atoms with van der Waals surface area (Å²) in [4.78, 5) is 1.11. The van der Waals surface area contributed by atoms with Crippen LogP contribution >= 0.6 is 11.8 Å². The third kappa shape index (κ3) is 1.70. The van der Waals surface area contributed by atoms with E-state index in [0.717, 1.165) is 30.1 Å². The molecule has 80 valence electrons. The van der Waals surface area contributed by atoms with Gasteiger partial charge in [0, 0.05) is 35.1 Å². The summed E-state index contributed by atoms with van der Waals surface area (Å²) in [5, 5.41) is 0. The second kappa shape index (κ2) is 3.52. The van der Waals surface area contributed by atoms with E-state index in [0.29, 0.717) is 0 Å². The Balaban J connectivity index is 1.86. The lowest BCUT2D eigenvalue weighted by molar-refractivity contribution is 0.162. The Morgan fingerprint density at radius 3 is 2.73 bits per heavy atom. The Morgan fingerprint density at radius 1 is 1.27 bits per heavy atom. The first-order valence-electron chi connectivity index (χ1n) is 5.09. The van der Waals surface area contributed by atoms with E-state index in [9.17, 15) is 4.21 Å². The minimum atomic E-state index is -0.621. The van der Waals surface area contributed by atoms with Gasteiger partial charge in [-0.05, 0) is 12.1 Å². The van der Waals surface area contributed by atoms with Crippen molar-refractivity contribution < 1.29 is 8.95 Å². The Labute approximate surface area is 95.9 Å². The molecule has 2 nitrogen and oxygen atoms in total. The number of ether oxygens (including phenoxy) is 1. The molecule has 0 aliphatic carbocycles. The first-order chi connectivity index (χ1) is 7.27. The third-order valence-electron chi connectivity index (χ3n) is 2.86. The summed E-state index contributed by atoms with van der Waals surface area (Å²) in [6, 6.07) is 8.15. The van der Waals surface area contributed by atoms with Crippen LogP contribution in [0.3, 0.4) is 0 Å². The van der Waals surface area contributed by atoms with Crippen molar-refractivity contribution in [3.05, 3.63) is 24.3 Å². The van der Waals surface area contributed by atoms with E-state index in [-0.39, 0.29) is 4.93 Å². The lowest BCUT2D eigenvalue weighted by Gasteiger charge is -2.31.